The maximum atomic E-state index is 13.0. The van der Waals surface area contributed by atoms with Crippen molar-refractivity contribution in [3.05, 3.63) is 89.0 Å². The van der Waals surface area contributed by atoms with Gasteiger partial charge in [-0.25, -0.2) is 9.78 Å². The van der Waals surface area contributed by atoms with E-state index in [1.807, 2.05) is 47.9 Å². The Morgan fingerprint density at radius 3 is 2.49 bits per heavy atom. The van der Waals surface area contributed by atoms with Crippen LogP contribution in [0.5, 0.6) is 0 Å². The van der Waals surface area contributed by atoms with Gasteiger partial charge in [0.25, 0.3) is 0 Å². The molecule has 10 heteroatoms. The van der Waals surface area contributed by atoms with Crippen LogP contribution in [0.15, 0.2) is 61.1 Å². The van der Waals surface area contributed by atoms with Crippen LogP contribution in [0.2, 0.25) is 0 Å². The first-order valence-electron chi connectivity index (χ1n) is 12.6. The molecule has 0 spiro atoms. The van der Waals surface area contributed by atoms with Gasteiger partial charge in [-0.15, -0.1) is 0 Å². The van der Waals surface area contributed by atoms with E-state index < -0.39 is 29.6 Å². The number of carbonyl (C=O) groups excluding carboxylic acids is 3. The average molecular weight is 531 g/mol. The smallest absolute Gasteiger partial charge is 0.407 e. The highest BCUT2D eigenvalue weighted by Gasteiger charge is 2.24. The highest BCUT2D eigenvalue weighted by Crippen LogP contribution is 2.10. The Labute approximate surface area is 228 Å². The summed E-state index contributed by atoms with van der Waals surface area (Å²) in [5, 5.41) is 17.1. The molecule has 0 bridgehead atoms. The molecule has 0 fully saturated rings. The molecule has 1 aromatic heterocycles. The Morgan fingerprint density at radius 2 is 1.82 bits per heavy atom. The number of aryl methyl sites for hydroxylation is 1. The summed E-state index contributed by atoms with van der Waals surface area (Å²) in [5.74, 6) is -0.842. The molecule has 1 atom stereocenters. The number of benzene rings is 2. The van der Waals surface area contributed by atoms with E-state index in [1.54, 1.807) is 45.4 Å². The average Bonchev–Trinajstić information content (AvgIpc) is 3.30. The van der Waals surface area contributed by atoms with Crippen LogP contribution in [0.3, 0.4) is 0 Å². The van der Waals surface area contributed by atoms with Crippen molar-refractivity contribution in [2.24, 2.45) is 0 Å². The minimum atomic E-state index is -1.02. The molecule has 204 valence electrons. The molecule has 2 aromatic carbocycles. The van der Waals surface area contributed by atoms with E-state index in [-0.39, 0.29) is 19.5 Å². The van der Waals surface area contributed by atoms with Gasteiger partial charge < -0.3 is 25.3 Å². The van der Waals surface area contributed by atoms with Crippen LogP contribution in [-0.4, -0.2) is 45.6 Å². The second-order valence-electron chi connectivity index (χ2n) is 10.2. The van der Waals surface area contributed by atoms with E-state index in [2.05, 4.69) is 27.0 Å². The molecule has 0 saturated carbocycles. The van der Waals surface area contributed by atoms with Crippen molar-refractivity contribution < 1.29 is 19.1 Å². The van der Waals surface area contributed by atoms with E-state index in [0.29, 0.717) is 17.8 Å². The van der Waals surface area contributed by atoms with Crippen LogP contribution in [-0.2, 0) is 33.8 Å². The Bertz CT molecular complexity index is 1330. The summed E-state index contributed by atoms with van der Waals surface area (Å²) < 4.78 is 7.09. The minimum Gasteiger partial charge on any atom is -0.444 e. The fourth-order valence-corrected chi connectivity index (χ4v) is 3.77. The number of carbonyl (C=O) groups is 3. The molecule has 0 aliphatic rings. The van der Waals surface area contributed by atoms with Crippen LogP contribution in [0.25, 0.3) is 0 Å². The molecule has 3 amide bonds. The van der Waals surface area contributed by atoms with E-state index in [1.165, 1.54) is 0 Å². The van der Waals surface area contributed by atoms with Gasteiger partial charge in [0.15, 0.2) is 0 Å². The maximum Gasteiger partial charge on any atom is 0.407 e. The Kier molecular flexibility index (Phi) is 9.81. The fraction of sp³-hybridized carbons (Fsp3) is 0.345. The summed E-state index contributed by atoms with van der Waals surface area (Å²) >= 11 is 0. The first-order chi connectivity index (χ1) is 18.5. The van der Waals surface area contributed by atoms with Crippen molar-refractivity contribution in [2.75, 3.05) is 6.54 Å². The number of nitrogens with one attached hydrogen (secondary N) is 3. The summed E-state index contributed by atoms with van der Waals surface area (Å²) in [7, 11) is 0. The van der Waals surface area contributed by atoms with Gasteiger partial charge in [-0.1, -0.05) is 42.0 Å². The molecule has 39 heavy (non-hydrogen) atoms. The standard InChI is InChI=1S/C29H34N6O4/c1-20-6-5-7-23(12-20)15-32-27(37)25(17-33-28(38)39-29(2,3)4)34-26(36)13-24-16-31-19-35(24)18-22-10-8-21(14-30)9-11-22/h5-12,16,19,25H,13,15,17-18H2,1-4H3,(H,32,37)(H,33,38)(H,34,36)/t25-/m0/s1. The first-order valence-corrected chi connectivity index (χ1v) is 12.6. The number of ether oxygens (including phenoxy) is 1. The van der Waals surface area contributed by atoms with Gasteiger partial charge in [-0.3, -0.25) is 9.59 Å². The largest absolute Gasteiger partial charge is 0.444 e. The van der Waals surface area contributed by atoms with Gasteiger partial charge in [-0.05, 0) is 51.0 Å². The molecular weight excluding hydrogens is 496 g/mol. The van der Waals surface area contributed by atoms with Crippen molar-refractivity contribution >= 4 is 17.9 Å². The van der Waals surface area contributed by atoms with Gasteiger partial charge in [0.2, 0.25) is 11.8 Å². The number of nitrogens with zero attached hydrogens (tertiary/aromatic N) is 3. The van der Waals surface area contributed by atoms with Crippen LogP contribution in [0.1, 0.15) is 48.7 Å². The lowest BCUT2D eigenvalue weighted by Gasteiger charge is -2.22. The molecule has 3 rings (SSSR count). The summed E-state index contributed by atoms with van der Waals surface area (Å²) in [4.78, 5) is 42.4. The molecule has 0 radical (unpaired) electrons. The Balaban J connectivity index is 1.65. The van der Waals surface area contributed by atoms with Gasteiger partial charge in [-0.2, -0.15) is 5.26 Å². The van der Waals surface area contributed by atoms with Crippen LogP contribution < -0.4 is 16.0 Å². The van der Waals surface area contributed by atoms with Gasteiger partial charge in [0, 0.05) is 25.0 Å². The summed E-state index contributed by atoms with van der Waals surface area (Å²) in [6, 6.07) is 15.9. The molecule has 0 unspecified atom stereocenters. The van der Waals surface area contributed by atoms with Crippen molar-refractivity contribution in [1.82, 2.24) is 25.5 Å². The van der Waals surface area contributed by atoms with Crippen molar-refractivity contribution in [1.29, 1.82) is 5.26 Å². The zero-order valence-corrected chi connectivity index (χ0v) is 22.7. The lowest BCUT2D eigenvalue weighted by molar-refractivity contribution is -0.128. The fourth-order valence-electron chi connectivity index (χ4n) is 3.77. The SMILES string of the molecule is Cc1cccc(CNC(=O)[C@H](CNC(=O)OC(C)(C)C)NC(=O)Cc2cncn2Cc2ccc(C#N)cc2)c1. The second kappa shape index (κ2) is 13.2. The van der Waals surface area contributed by atoms with Crippen LogP contribution in [0.4, 0.5) is 4.79 Å². The number of rotatable bonds is 10. The van der Waals surface area contributed by atoms with Crippen LogP contribution >= 0.6 is 0 Å². The highest BCUT2D eigenvalue weighted by atomic mass is 16.6. The Hall–Kier alpha value is -4.65. The molecule has 0 saturated heterocycles. The predicted molar refractivity (Wildman–Crippen MR) is 145 cm³/mol. The molecule has 3 N–H and O–H groups in total. The number of amides is 3. The normalized spacial score (nSPS) is 11.7. The third kappa shape index (κ3) is 9.63. The van der Waals surface area contributed by atoms with Crippen molar-refractivity contribution in [3.63, 3.8) is 0 Å². The highest BCUT2D eigenvalue weighted by molar-refractivity contribution is 5.88. The number of hydrogen-bond donors (Lipinski definition) is 3. The first kappa shape index (κ1) is 28.9. The zero-order chi connectivity index (χ0) is 28.4. The predicted octanol–water partition coefficient (Wildman–Crippen LogP) is 2.98. The van der Waals surface area contributed by atoms with Crippen molar-refractivity contribution in [2.45, 2.75) is 58.8 Å². The van der Waals surface area contributed by atoms with E-state index in [4.69, 9.17) is 10.00 Å². The number of hydrogen-bond acceptors (Lipinski definition) is 6. The second-order valence-corrected chi connectivity index (χ2v) is 10.2. The summed E-state index contributed by atoms with van der Waals surface area (Å²) in [5.41, 5.74) is 3.44. The van der Waals surface area contributed by atoms with Crippen LogP contribution in [0, 0.1) is 18.3 Å². The van der Waals surface area contributed by atoms with E-state index in [0.717, 1.165) is 16.7 Å². The molecule has 0 aliphatic heterocycles. The maximum absolute atomic E-state index is 13.0. The molecule has 3 aromatic rings. The van der Waals surface area contributed by atoms with E-state index >= 15 is 0 Å². The number of aromatic nitrogens is 2. The summed E-state index contributed by atoms with van der Waals surface area (Å²) in [6.07, 6.45) is 2.50. The van der Waals surface area contributed by atoms with Gasteiger partial charge in [0.1, 0.15) is 11.6 Å². The number of imidazole rings is 1. The molecule has 0 aliphatic carbocycles. The lowest BCUT2D eigenvalue weighted by atomic mass is 10.1. The number of nitriles is 1. The van der Waals surface area contributed by atoms with Gasteiger partial charge in [0.05, 0.1) is 30.9 Å². The van der Waals surface area contributed by atoms with Gasteiger partial charge >= 0.3 is 6.09 Å². The topological polar surface area (TPSA) is 138 Å². The third-order valence-corrected chi connectivity index (χ3v) is 5.63. The summed E-state index contributed by atoms with van der Waals surface area (Å²) in [6.45, 7) is 7.77. The minimum absolute atomic E-state index is 0.0234. The van der Waals surface area contributed by atoms with Crippen molar-refractivity contribution in [3.8, 4) is 6.07 Å². The number of alkyl carbamates (subject to hydrolysis) is 1. The molecular formula is C29H34N6O4. The van der Waals surface area contributed by atoms with E-state index in [9.17, 15) is 14.4 Å². The Morgan fingerprint density at radius 1 is 1.08 bits per heavy atom. The quantitative estimate of drug-likeness (QED) is 0.368. The zero-order valence-electron chi connectivity index (χ0n) is 22.7. The monoisotopic (exact) mass is 530 g/mol. The lowest BCUT2D eigenvalue weighted by Crippen LogP contribution is -2.53. The third-order valence-electron chi connectivity index (χ3n) is 5.63. The molecule has 10 nitrogen and oxygen atoms in total. The molecule has 1 heterocycles.